The first-order valence-electron chi connectivity index (χ1n) is 8.61. The van der Waals surface area contributed by atoms with Crippen LogP contribution in [-0.4, -0.2) is 39.4 Å². The molecule has 0 radical (unpaired) electrons. The number of hydrogen-bond donors (Lipinski definition) is 0. The zero-order chi connectivity index (χ0) is 19.9. The summed E-state index contributed by atoms with van der Waals surface area (Å²) >= 11 is 0. The van der Waals surface area contributed by atoms with E-state index in [4.69, 9.17) is 4.74 Å². The number of fused-ring (bicyclic) bond motifs is 1. The Labute approximate surface area is 159 Å². The number of aromatic nitrogens is 3. The van der Waals surface area contributed by atoms with Gasteiger partial charge in [-0.1, -0.05) is 18.2 Å². The summed E-state index contributed by atoms with van der Waals surface area (Å²) in [4.78, 5) is 8.67. The molecule has 0 bridgehead atoms. The summed E-state index contributed by atoms with van der Waals surface area (Å²) in [6.45, 7) is 0.942. The second kappa shape index (κ2) is 6.83. The molecule has 1 aromatic carbocycles. The highest BCUT2D eigenvalue weighted by molar-refractivity contribution is 5.67. The lowest BCUT2D eigenvalue weighted by atomic mass is 10.2. The molecule has 0 saturated carbocycles. The molecule has 4 rings (SSSR count). The Kier molecular flexibility index (Phi) is 4.46. The third kappa shape index (κ3) is 3.40. The van der Waals surface area contributed by atoms with Crippen molar-refractivity contribution < 1.29 is 17.9 Å². The predicted octanol–water partition coefficient (Wildman–Crippen LogP) is 4.02. The van der Waals surface area contributed by atoms with E-state index in [0.717, 1.165) is 11.3 Å². The van der Waals surface area contributed by atoms with Crippen molar-refractivity contribution in [1.29, 1.82) is 0 Å². The monoisotopic (exact) mass is 389 g/mol. The number of nitrogens with zero attached hydrogens (tertiary/aromatic N) is 5. The van der Waals surface area contributed by atoms with Crippen molar-refractivity contribution in [2.75, 3.05) is 18.7 Å². The molecule has 1 aliphatic heterocycles. The largest absolute Gasteiger partial charge is 0.479 e. The topological polar surface area (TPSA) is 46.4 Å². The summed E-state index contributed by atoms with van der Waals surface area (Å²) in [6.07, 6.45) is -0.880. The van der Waals surface area contributed by atoms with Gasteiger partial charge in [-0.2, -0.15) is 18.2 Å². The summed E-state index contributed by atoms with van der Waals surface area (Å²) in [7, 11) is 1.48. The van der Waals surface area contributed by atoms with Crippen LogP contribution in [0.15, 0.2) is 48.9 Å². The van der Waals surface area contributed by atoms with Gasteiger partial charge >= 0.3 is 6.18 Å². The maximum absolute atomic E-state index is 13.1. The lowest BCUT2D eigenvalue weighted by molar-refractivity contribution is -0.146. The van der Waals surface area contributed by atoms with Crippen molar-refractivity contribution in [3.63, 3.8) is 0 Å². The maximum Gasteiger partial charge on any atom is 0.403 e. The summed E-state index contributed by atoms with van der Waals surface area (Å²) in [5.41, 5.74) is 2.96. The number of imidazole rings is 1. The standard InChI is InChI=1S/C19H18F3N5O/c1-13-9-25(12-23-13)16-7-8-17(24-18(16)28-2)27-15-6-4-3-5-14(15)10-26(27)11-19(20,21)22/h3-9,12H,10-11H2,1-2H3. The molecule has 0 amide bonds. The van der Waals surface area contributed by atoms with Gasteiger partial charge in [0, 0.05) is 12.7 Å². The molecule has 0 spiro atoms. The lowest BCUT2D eigenvalue weighted by Crippen LogP contribution is -2.41. The Bertz CT molecular complexity index is 1000. The highest BCUT2D eigenvalue weighted by Crippen LogP contribution is 2.39. The van der Waals surface area contributed by atoms with Gasteiger partial charge in [-0.15, -0.1) is 0 Å². The number of halogens is 3. The Morgan fingerprint density at radius 3 is 2.57 bits per heavy atom. The fraction of sp³-hybridized carbons (Fsp3) is 0.263. The molecule has 0 saturated heterocycles. The number of methoxy groups -OCH3 is 1. The zero-order valence-corrected chi connectivity index (χ0v) is 15.3. The first kappa shape index (κ1) is 18.3. The second-order valence-electron chi connectivity index (χ2n) is 6.50. The number of alkyl halides is 3. The number of aryl methyl sites for hydroxylation is 1. The van der Waals surface area contributed by atoms with E-state index in [9.17, 15) is 13.2 Å². The minimum Gasteiger partial charge on any atom is -0.479 e. The van der Waals surface area contributed by atoms with Crippen LogP contribution in [0.2, 0.25) is 0 Å². The molecular formula is C19H18F3N5O. The van der Waals surface area contributed by atoms with Crippen molar-refractivity contribution in [1.82, 2.24) is 19.5 Å². The van der Waals surface area contributed by atoms with Crippen molar-refractivity contribution in [3.8, 4) is 11.6 Å². The summed E-state index contributed by atoms with van der Waals surface area (Å²) in [6, 6.07) is 10.6. The molecule has 3 aromatic rings. The van der Waals surface area contributed by atoms with E-state index >= 15 is 0 Å². The van der Waals surface area contributed by atoms with E-state index in [1.54, 1.807) is 35.2 Å². The Morgan fingerprint density at radius 1 is 1.11 bits per heavy atom. The summed E-state index contributed by atoms with van der Waals surface area (Å²) in [5, 5.41) is 2.72. The van der Waals surface area contributed by atoms with Gasteiger partial charge in [-0.25, -0.2) is 9.99 Å². The van der Waals surface area contributed by atoms with Gasteiger partial charge in [-0.05, 0) is 30.7 Å². The fourth-order valence-corrected chi connectivity index (χ4v) is 3.31. The molecule has 1 aliphatic rings. The molecule has 9 heteroatoms. The number of ether oxygens (including phenoxy) is 1. The van der Waals surface area contributed by atoms with E-state index in [0.29, 0.717) is 23.1 Å². The minimum atomic E-state index is -4.33. The molecular weight excluding hydrogens is 371 g/mol. The number of anilines is 2. The van der Waals surface area contributed by atoms with Crippen LogP contribution in [0.25, 0.3) is 5.69 Å². The minimum absolute atomic E-state index is 0.155. The number of hydrogen-bond acceptors (Lipinski definition) is 5. The summed E-state index contributed by atoms with van der Waals surface area (Å²) in [5.74, 6) is 0.651. The van der Waals surface area contributed by atoms with Gasteiger partial charge in [0.15, 0.2) is 5.82 Å². The number of benzene rings is 1. The number of pyridine rings is 1. The molecule has 28 heavy (non-hydrogen) atoms. The Morgan fingerprint density at radius 2 is 1.89 bits per heavy atom. The lowest BCUT2D eigenvalue weighted by Gasteiger charge is -2.30. The van der Waals surface area contributed by atoms with Gasteiger partial charge in [0.25, 0.3) is 0 Å². The van der Waals surface area contributed by atoms with Crippen molar-refractivity contribution >= 4 is 11.5 Å². The van der Waals surface area contributed by atoms with Crippen LogP contribution >= 0.6 is 0 Å². The van der Waals surface area contributed by atoms with Crippen LogP contribution in [0.1, 0.15) is 11.3 Å². The average Bonchev–Trinajstić information content (AvgIpc) is 3.22. The normalized spacial score (nSPS) is 14.4. The third-order valence-corrected chi connectivity index (χ3v) is 4.44. The third-order valence-electron chi connectivity index (χ3n) is 4.44. The van der Waals surface area contributed by atoms with Crippen LogP contribution < -0.4 is 9.75 Å². The van der Waals surface area contributed by atoms with E-state index in [2.05, 4.69) is 9.97 Å². The molecule has 6 nitrogen and oxygen atoms in total. The first-order chi connectivity index (χ1) is 13.4. The molecule has 0 unspecified atom stereocenters. The Balaban J connectivity index is 1.77. The zero-order valence-electron chi connectivity index (χ0n) is 15.3. The van der Waals surface area contributed by atoms with Crippen molar-refractivity contribution in [3.05, 3.63) is 60.2 Å². The van der Waals surface area contributed by atoms with Crippen LogP contribution in [0, 0.1) is 6.92 Å². The number of hydrazine groups is 1. The van der Waals surface area contributed by atoms with E-state index < -0.39 is 12.7 Å². The van der Waals surface area contributed by atoms with Crippen molar-refractivity contribution in [2.24, 2.45) is 0 Å². The fourth-order valence-electron chi connectivity index (χ4n) is 3.31. The van der Waals surface area contributed by atoms with Gasteiger partial charge in [0.1, 0.15) is 12.2 Å². The quantitative estimate of drug-likeness (QED) is 0.675. The highest BCUT2D eigenvalue weighted by atomic mass is 19.4. The molecule has 146 valence electrons. The first-order valence-corrected chi connectivity index (χ1v) is 8.61. The maximum atomic E-state index is 13.1. The molecule has 0 aliphatic carbocycles. The molecule has 0 atom stereocenters. The molecule has 0 fully saturated rings. The van der Waals surface area contributed by atoms with Gasteiger partial charge in [0.05, 0.1) is 24.8 Å². The average molecular weight is 389 g/mol. The van der Waals surface area contributed by atoms with E-state index in [-0.39, 0.29) is 6.54 Å². The van der Waals surface area contributed by atoms with Crippen molar-refractivity contribution in [2.45, 2.75) is 19.6 Å². The molecule has 3 heterocycles. The smallest absolute Gasteiger partial charge is 0.403 e. The van der Waals surface area contributed by atoms with Gasteiger partial charge in [-0.3, -0.25) is 5.01 Å². The van der Waals surface area contributed by atoms with Crippen LogP contribution in [-0.2, 0) is 6.54 Å². The SMILES string of the molecule is COc1nc(N2c3ccccc3CN2CC(F)(F)F)ccc1-n1cnc(C)c1. The van der Waals surface area contributed by atoms with E-state index in [1.165, 1.54) is 17.1 Å². The van der Waals surface area contributed by atoms with Crippen LogP contribution in [0.5, 0.6) is 5.88 Å². The Hall–Kier alpha value is -3.07. The second-order valence-corrected chi connectivity index (χ2v) is 6.50. The molecule has 2 aromatic heterocycles. The highest BCUT2D eigenvalue weighted by Gasteiger charge is 2.38. The predicted molar refractivity (Wildman–Crippen MR) is 97.7 cm³/mol. The van der Waals surface area contributed by atoms with E-state index in [1.807, 2.05) is 25.3 Å². The number of rotatable bonds is 4. The summed E-state index contributed by atoms with van der Waals surface area (Å²) < 4.78 is 46.6. The molecule has 0 N–H and O–H groups in total. The van der Waals surface area contributed by atoms with Crippen LogP contribution in [0.3, 0.4) is 0 Å². The number of para-hydroxylation sites is 1. The van der Waals surface area contributed by atoms with Gasteiger partial charge in [0.2, 0.25) is 5.88 Å². The van der Waals surface area contributed by atoms with Crippen LogP contribution in [0.4, 0.5) is 24.7 Å². The van der Waals surface area contributed by atoms with Gasteiger partial charge < -0.3 is 9.30 Å².